The molecule has 1 atom stereocenters. The van der Waals surface area contributed by atoms with Crippen molar-refractivity contribution in [1.82, 2.24) is 15.3 Å². The molecule has 1 saturated heterocycles. The molecule has 1 amide bonds. The number of anilines is 1. The lowest BCUT2D eigenvalue weighted by atomic mass is 10.2. The summed E-state index contributed by atoms with van der Waals surface area (Å²) in [4.78, 5) is 22.0. The lowest BCUT2D eigenvalue weighted by molar-refractivity contribution is 0.0948. The van der Waals surface area contributed by atoms with Crippen LogP contribution in [0.25, 0.3) is 0 Å². The molecule has 0 bridgehead atoms. The van der Waals surface area contributed by atoms with E-state index in [0.717, 1.165) is 12.8 Å². The maximum Gasteiger partial charge on any atom is 0.270 e. The van der Waals surface area contributed by atoms with Crippen LogP contribution in [0.5, 0.6) is 0 Å². The van der Waals surface area contributed by atoms with Gasteiger partial charge in [0.25, 0.3) is 5.91 Å². The SMILES string of the molecule is CCCCNC(=O)c1cc(N(C)C2CCS(=O)(=O)C2)ncn1. The van der Waals surface area contributed by atoms with Crippen molar-refractivity contribution in [2.45, 2.75) is 32.2 Å². The molecule has 122 valence electrons. The van der Waals surface area contributed by atoms with E-state index in [2.05, 4.69) is 22.2 Å². The van der Waals surface area contributed by atoms with Gasteiger partial charge in [0, 0.05) is 25.7 Å². The number of aromatic nitrogens is 2. The van der Waals surface area contributed by atoms with Gasteiger partial charge in [-0.3, -0.25) is 4.79 Å². The number of nitrogens with one attached hydrogen (secondary N) is 1. The highest BCUT2D eigenvalue weighted by Crippen LogP contribution is 2.21. The highest BCUT2D eigenvalue weighted by Gasteiger charge is 2.31. The Morgan fingerprint density at radius 2 is 2.23 bits per heavy atom. The molecule has 1 aliphatic rings. The smallest absolute Gasteiger partial charge is 0.270 e. The lowest BCUT2D eigenvalue weighted by Crippen LogP contribution is -2.33. The standard InChI is InChI=1S/C14H22N4O3S/c1-3-4-6-15-14(19)12-8-13(17-10-16-12)18(2)11-5-7-22(20,21)9-11/h8,10-11H,3-7,9H2,1-2H3,(H,15,19). The first-order valence-electron chi connectivity index (χ1n) is 7.46. The maximum absolute atomic E-state index is 12.0. The second-order valence-corrected chi connectivity index (χ2v) is 7.77. The molecule has 8 heteroatoms. The van der Waals surface area contributed by atoms with E-state index in [1.54, 1.807) is 13.1 Å². The number of hydrogen-bond acceptors (Lipinski definition) is 6. The summed E-state index contributed by atoms with van der Waals surface area (Å²) < 4.78 is 23.2. The lowest BCUT2D eigenvalue weighted by Gasteiger charge is -2.24. The Balaban J connectivity index is 2.06. The van der Waals surface area contributed by atoms with E-state index < -0.39 is 9.84 Å². The molecule has 0 saturated carbocycles. The summed E-state index contributed by atoms with van der Waals surface area (Å²) in [6.45, 7) is 2.67. The number of carbonyl (C=O) groups is 1. The molecule has 2 rings (SSSR count). The van der Waals surface area contributed by atoms with Gasteiger partial charge in [-0.1, -0.05) is 13.3 Å². The minimum absolute atomic E-state index is 0.101. The molecule has 0 spiro atoms. The fourth-order valence-corrected chi connectivity index (χ4v) is 4.18. The van der Waals surface area contributed by atoms with Crippen molar-refractivity contribution in [3.63, 3.8) is 0 Å². The van der Waals surface area contributed by atoms with E-state index >= 15 is 0 Å². The van der Waals surface area contributed by atoms with E-state index in [1.807, 2.05) is 4.90 Å². The Morgan fingerprint density at radius 3 is 2.86 bits per heavy atom. The number of carbonyl (C=O) groups excluding carboxylic acids is 1. The fourth-order valence-electron chi connectivity index (χ4n) is 2.40. The third-order valence-corrected chi connectivity index (χ3v) is 5.57. The summed E-state index contributed by atoms with van der Waals surface area (Å²) in [5, 5.41) is 2.81. The summed E-state index contributed by atoms with van der Waals surface area (Å²) in [6.07, 6.45) is 3.85. The van der Waals surface area contributed by atoms with Crippen LogP contribution in [0.3, 0.4) is 0 Å². The van der Waals surface area contributed by atoms with Gasteiger partial charge in [0.2, 0.25) is 0 Å². The van der Waals surface area contributed by atoms with Crippen LogP contribution in [0.1, 0.15) is 36.7 Å². The molecule has 0 aliphatic carbocycles. The fraction of sp³-hybridized carbons (Fsp3) is 0.643. The molecular weight excluding hydrogens is 304 g/mol. The van der Waals surface area contributed by atoms with E-state index in [-0.39, 0.29) is 23.5 Å². The van der Waals surface area contributed by atoms with E-state index in [9.17, 15) is 13.2 Å². The van der Waals surface area contributed by atoms with Crippen LogP contribution in [0.4, 0.5) is 5.82 Å². The normalized spacial score (nSPS) is 19.8. The molecule has 0 aromatic carbocycles. The molecule has 1 aromatic rings. The molecule has 0 radical (unpaired) electrons. The first-order valence-corrected chi connectivity index (χ1v) is 9.28. The van der Waals surface area contributed by atoms with Crippen LogP contribution in [-0.4, -0.2) is 55.4 Å². The van der Waals surface area contributed by atoms with Gasteiger partial charge >= 0.3 is 0 Å². The van der Waals surface area contributed by atoms with Crippen molar-refractivity contribution >= 4 is 21.6 Å². The van der Waals surface area contributed by atoms with Crippen molar-refractivity contribution in [3.8, 4) is 0 Å². The van der Waals surface area contributed by atoms with Crippen molar-refractivity contribution in [1.29, 1.82) is 0 Å². The molecule has 1 N–H and O–H groups in total. The zero-order valence-electron chi connectivity index (χ0n) is 12.9. The Hall–Kier alpha value is -1.70. The van der Waals surface area contributed by atoms with Crippen LogP contribution >= 0.6 is 0 Å². The van der Waals surface area contributed by atoms with Crippen molar-refractivity contribution < 1.29 is 13.2 Å². The van der Waals surface area contributed by atoms with Crippen molar-refractivity contribution in [2.75, 3.05) is 30.0 Å². The van der Waals surface area contributed by atoms with Gasteiger partial charge in [0.1, 0.15) is 17.8 Å². The van der Waals surface area contributed by atoms with E-state index in [0.29, 0.717) is 24.5 Å². The van der Waals surface area contributed by atoms with Crippen LogP contribution in [0, 0.1) is 0 Å². The zero-order valence-corrected chi connectivity index (χ0v) is 13.8. The van der Waals surface area contributed by atoms with Gasteiger partial charge in [0.15, 0.2) is 9.84 Å². The summed E-state index contributed by atoms with van der Waals surface area (Å²) in [5.41, 5.74) is 0.300. The molecule has 1 unspecified atom stereocenters. The summed E-state index contributed by atoms with van der Waals surface area (Å²) in [6, 6.07) is 1.50. The molecule has 7 nitrogen and oxygen atoms in total. The molecule has 22 heavy (non-hydrogen) atoms. The largest absolute Gasteiger partial charge is 0.356 e. The van der Waals surface area contributed by atoms with E-state index in [4.69, 9.17) is 0 Å². The molecular formula is C14H22N4O3S. The van der Waals surface area contributed by atoms with Crippen LogP contribution in [0.15, 0.2) is 12.4 Å². The Kier molecular flexibility index (Phi) is 5.33. The predicted molar refractivity (Wildman–Crippen MR) is 84.7 cm³/mol. The number of unbranched alkanes of at least 4 members (excludes halogenated alkanes) is 1. The second kappa shape index (κ2) is 7.04. The highest BCUT2D eigenvalue weighted by molar-refractivity contribution is 7.91. The van der Waals surface area contributed by atoms with Gasteiger partial charge in [-0.25, -0.2) is 18.4 Å². The highest BCUT2D eigenvalue weighted by atomic mass is 32.2. The first kappa shape index (κ1) is 16.7. The number of hydrogen-bond donors (Lipinski definition) is 1. The Labute approximate surface area is 131 Å². The van der Waals surface area contributed by atoms with Gasteiger partial charge in [-0.05, 0) is 12.8 Å². The minimum Gasteiger partial charge on any atom is -0.356 e. The third kappa shape index (κ3) is 4.16. The quantitative estimate of drug-likeness (QED) is 0.771. The predicted octanol–water partition coefficient (Wildman–Crippen LogP) is 0.630. The van der Waals surface area contributed by atoms with Crippen LogP contribution in [0.2, 0.25) is 0 Å². The number of nitrogens with zero attached hydrogens (tertiary/aromatic N) is 3. The van der Waals surface area contributed by atoms with Crippen molar-refractivity contribution in [2.24, 2.45) is 0 Å². The average Bonchev–Trinajstić information content (AvgIpc) is 2.87. The molecule has 2 heterocycles. The van der Waals surface area contributed by atoms with E-state index in [1.165, 1.54) is 6.33 Å². The Bertz CT molecular complexity index is 633. The molecule has 1 fully saturated rings. The third-order valence-electron chi connectivity index (χ3n) is 3.82. The summed E-state index contributed by atoms with van der Waals surface area (Å²) >= 11 is 0. The second-order valence-electron chi connectivity index (χ2n) is 5.54. The van der Waals surface area contributed by atoms with Gasteiger partial charge in [-0.2, -0.15) is 0 Å². The molecule has 1 aliphatic heterocycles. The molecule has 1 aromatic heterocycles. The first-order chi connectivity index (χ1) is 10.4. The maximum atomic E-state index is 12.0. The van der Waals surface area contributed by atoms with Gasteiger partial charge in [0.05, 0.1) is 11.5 Å². The van der Waals surface area contributed by atoms with Gasteiger partial charge in [-0.15, -0.1) is 0 Å². The van der Waals surface area contributed by atoms with Crippen molar-refractivity contribution in [3.05, 3.63) is 18.1 Å². The summed E-state index contributed by atoms with van der Waals surface area (Å²) in [7, 11) is -1.16. The summed E-state index contributed by atoms with van der Waals surface area (Å²) in [5.74, 6) is 0.672. The zero-order chi connectivity index (χ0) is 16.2. The number of sulfone groups is 1. The van der Waals surface area contributed by atoms with Crippen LogP contribution < -0.4 is 10.2 Å². The minimum atomic E-state index is -2.95. The number of rotatable bonds is 6. The van der Waals surface area contributed by atoms with Crippen LogP contribution in [-0.2, 0) is 9.84 Å². The average molecular weight is 326 g/mol. The number of amides is 1. The Morgan fingerprint density at radius 1 is 1.45 bits per heavy atom. The van der Waals surface area contributed by atoms with Gasteiger partial charge < -0.3 is 10.2 Å². The topological polar surface area (TPSA) is 92.3 Å². The monoisotopic (exact) mass is 326 g/mol.